The van der Waals surface area contributed by atoms with Crippen LogP contribution >= 0.6 is 0 Å². The first-order valence-electron chi connectivity index (χ1n) is 12.9. The highest BCUT2D eigenvalue weighted by molar-refractivity contribution is 7.86. The average molecular weight is 602 g/mol. The number of pyridine rings is 1. The lowest BCUT2D eigenvalue weighted by molar-refractivity contribution is 0.175. The van der Waals surface area contributed by atoms with Crippen LogP contribution < -0.4 is 5.32 Å². The molecule has 1 fully saturated rings. The van der Waals surface area contributed by atoms with Gasteiger partial charge in [0.1, 0.15) is 33.1 Å². The van der Waals surface area contributed by atoms with E-state index in [0.29, 0.717) is 24.2 Å². The molecular formula is C27H31N5O7S2. The van der Waals surface area contributed by atoms with E-state index >= 15 is 0 Å². The summed E-state index contributed by atoms with van der Waals surface area (Å²) in [6.45, 7) is 1.76. The first-order chi connectivity index (χ1) is 19.3. The van der Waals surface area contributed by atoms with Gasteiger partial charge >= 0.3 is 0 Å². The van der Waals surface area contributed by atoms with Crippen LogP contribution in [0.15, 0.2) is 58.5 Å². The molecule has 4 aromatic rings. The fourth-order valence-electron chi connectivity index (χ4n) is 5.27. The van der Waals surface area contributed by atoms with Gasteiger partial charge in [-0.05, 0) is 50.7 Å². The third kappa shape index (κ3) is 6.66. The van der Waals surface area contributed by atoms with Gasteiger partial charge in [-0.2, -0.15) is 22.1 Å². The predicted octanol–water partition coefficient (Wildman–Crippen LogP) is 4.50. The lowest BCUT2D eigenvalue weighted by atomic mass is 9.84. The molecule has 2 aromatic heterocycles. The van der Waals surface area contributed by atoms with Crippen LogP contribution in [-0.4, -0.2) is 52.6 Å². The molecule has 0 amide bonds. The molecule has 218 valence electrons. The number of rotatable bonds is 6. The highest BCUT2D eigenvalue weighted by atomic mass is 32.2. The molecule has 12 nitrogen and oxygen atoms in total. The van der Waals surface area contributed by atoms with Gasteiger partial charge in [-0.15, -0.1) is 0 Å². The highest BCUT2D eigenvalue weighted by Gasteiger charge is 2.27. The van der Waals surface area contributed by atoms with Crippen LogP contribution in [0.5, 0.6) is 0 Å². The molecule has 0 saturated heterocycles. The molecule has 0 aliphatic heterocycles. The maximum atomic E-state index is 11.2. The number of hydrogen-bond acceptors (Lipinski definition) is 9. The van der Waals surface area contributed by atoms with E-state index in [2.05, 4.69) is 25.9 Å². The number of aliphatic hydroxyl groups is 1. The Kier molecular flexibility index (Phi) is 8.95. The van der Waals surface area contributed by atoms with Crippen LogP contribution in [0.2, 0.25) is 0 Å². The van der Waals surface area contributed by atoms with E-state index in [4.69, 9.17) is 14.4 Å². The Morgan fingerprint density at radius 1 is 1.02 bits per heavy atom. The number of imidazole rings is 1. The highest BCUT2D eigenvalue weighted by Crippen LogP contribution is 2.37. The first kappa shape index (κ1) is 30.4. The zero-order valence-corrected chi connectivity index (χ0v) is 24.1. The lowest BCUT2D eigenvalue weighted by Crippen LogP contribution is -2.20. The van der Waals surface area contributed by atoms with Crippen LogP contribution in [0.3, 0.4) is 0 Å². The molecule has 0 spiro atoms. The number of nitrogens with one attached hydrogen (secondary N) is 1. The SMILES string of the molecule is CNc1cc2c(cn1)nc(C(C)O)n2C1CCC(CC#N)CC1.O=S(=O)(O)c1cccc2c(S(=O)(=O)O)cccc12. The molecule has 14 heteroatoms. The molecule has 1 unspecified atom stereocenters. The smallest absolute Gasteiger partial charge is 0.295 e. The van der Waals surface area contributed by atoms with E-state index < -0.39 is 36.1 Å². The molecule has 2 aromatic carbocycles. The van der Waals surface area contributed by atoms with Crippen LogP contribution in [-0.2, 0) is 20.2 Å². The van der Waals surface area contributed by atoms with E-state index in [1.54, 1.807) is 13.1 Å². The van der Waals surface area contributed by atoms with E-state index in [-0.39, 0.29) is 10.8 Å². The van der Waals surface area contributed by atoms with Crippen molar-refractivity contribution in [3.63, 3.8) is 0 Å². The Morgan fingerprint density at radius 2 is 1.59 bits per heavy atom. The Labute approximate surface area is 238 Å². The summed E-state index contributed by atoms with van der Waals surface area (Å²) in [7, 11) is -7.09. The van der Waals surface area contributed by atoms with Gasteiger partial charge in [0, 0.05) is 36.3 Å². The van der Waals surface area contributed by atoms with Gasteiger partial charge < -0.3 is 15.0 Å². The summed E-state index contributed by atoms with van der Waals surface area (Å²) in [6, 6.07) is 12.1. The lowest BCUT2D eigenvalue weighted by Gasteiger charge is -2.30. The molecule has 1 saturated carbocycles. The fourth-order valence-corrected chi connectivity index (χ4v) is 6.68. The van der Waals surface area contributed by atoms with Crippen LogP contribution in [0.25, 0.3) is 21.8 Å². The second-order valence-corrected chi connectivity index (χ2v) is 12.7. The topological polar surface area (TPSA) is 195 Å². The number of benzene rings is 2. The zero-order chi connectivity index (χ0) is 29.9. The molecule has 41 heavy (non-hydrogen) atoms. The molecule has 1 atom stereocenters. The number of aliphatic hydroxyl groups excluding tert-OH is 1. The molecule has 1 aliphatic carbocycles. The Hall–Kier alpha value is -3.61. The molecule has 0 radical (unpaired) electrons. The van der Waals surface area contributed by atoms with Gasteiger partial charge in [-0.3, -0.25) is 9.11 Å². The minimum atomic E-state index is -4.47. The van der Waals surface area contributed by atoms with Crippen LogP contribution in [0.1, 0.15) is 57.0 Å². The summed E-state index contributed by atoms with van der Waals surface area (Å²) in [4.78, 5) is 8.08. The van der Waals surface area contributed by atoms with Gasteiger partial charge in [-0.25, -0.2) is 9.97 Å². The van der Waals surface area contributed by atoms with E-state index in [9.17, 15) is 21.9 Å². The second kappa shape index (κ2) is 12.1. The third-order valence-electron chi connectivity index (χ3n) is 7.19. The summed E-state index contributed by atoms with van der Waals surface area (Å²) in [6.07, 6.45) is 5.95. The van der Waals surface area contributed by atoms with Crippen molar-refractivity contribution >= 4 is 47.9 Å². The van der Waals surface area contributed by atoms with Crippen molar-refractivity contribution in [1.82, 2.24) is 14.5 Å². The number of aromatic nitrogens is 3. The Balaban J connectivity index is 0.000000195. The first-order valence-corrected chi connectivity index (χ1v) is 15.8. The van der Waals surface area contributed by atoms with Gasteiger partial charge in [0.2, 0.25) is 0 Å². The summed E-state index contributed by atoms with van der Waals surface area (Å²) in [5.74, 6) is 2.02. The van der Waals surface area contributed by atoms with E-state index in [1.807, 2.05) is 13.1 Å². The third-order valence-corrected chi connectivity index (χ3v) is 9.02. The summed E-state index contributed by atoms with van der Waals surface area (Å²) >= 11 is 0. The quantitative estimate of drug-likeness (QED) is 0.227. The van der Waals surface area contributed by atoms with E-state index in [0.717, 1.165) is 54.7 Å². The summed E-state index contributed by atoms with van der Waals surface area (Å²) in [5.41, 5.74) is 1.84. The molecule has 4 N–H and O–H groups in total. The summed E-state index contributed by atoms with van der Waals surface area (Å²) < 4.78 is 64.9. The van der Waals surface area contributed by atoms with Crippen molar-refractivity contribution in [2.24, 2.45) is 5.92 Å². The Bertz CT molecular complexity index is 1750. The fraction of sp³-hybridized carbons (Fsp3) is 0.370. The summed E-state index contributed by atoms with van der Waals surface area (Å²) in [5, 5.41) is 22.1. The largest absolute Gasteiger partial charge is 0.385 e. The minimum Gasteiger partial charge on any atom is -0.385 e. The number of hydrogen-bond donors (Lipinski definition) is 4. The molecular weight excluding hydrogens is 570 g/mol. The second-order valence-electron chi connectivity index (χ2n) is 9.92. The molecule has 2 heterocycles. The van der Waals surface area contributed by atoms with Crippen molar-refractivity contribution in [3.8, 4) is 6.07 Å². The monoisotopic (exact) mass is 601 g/mol. The molecule has 1 aliphatic rings. The Morgan fingerprint density at radius 3 is 2.05 bits per heavy atom. The van der Waals surface area contributed by atoms with Crippen molar-refractivity contribution in [2.45, 2.75) is 61.0 Å². The number of fused-ring (bicyclic) bond motifs is 2. The average Bonchev–Trinajstić information content (AvgIpc) is 3.31. The van der Waals surface area contributed by atoms with Gasteiger partial charge in [0.15, 0.2) is 0 Å². The van der Waals surface area contributed by atoms with Crippen molar-refractivity contribution in [3.05, 3.63) is 54.5 Å². The molecule has 5 rings (SSSR count). The zero-order valence-electron chi connectivity index (χ0n) is 22.5. The van der Waals surface area contributed by atoms with Gasteiger partial charge in [0.25, 0.3) is 20.2 Å². The number of nitrogens with zero attached hydrogens (tertiary/aromatic N) is 4. The normalized spacial score (nSPS) is 18.3. The van der Waals surface area contributed by atoms with Crippen LogP contribution in [0.4, 0.5) is 5.82 Å². The predicted molar refractivity (Wildman–Crippen MR) is 153 cm³/mol. The maximum absolute atomic E-state index is 11.2. The van der Waals surface area contributed by atoms with E-state index in [1.165, 1.54) is 24.3 Å². The minimum absolute atomic E-state index is 0.0233. The number of nitriles is 1. The van der Waals surface area contributed by atoms with Gasteiger partial charge in [0.05, 0.1) is 17.8 Å². The van der Waals surface area contributed by atoms with Crippen molar-refractivity contribution in [2.75, 3.05) is 12.4 Å². The maximum Gasteiger partial charge on any atom is 0.295 e. The van der Waals surface area contributed by atoms with Crippen molar-refractivity contribution < 1.29 is 31.0 Å². The number of anilines is 1. The standard InChI is InChI=1S/C17H23N5O.C10H8O6S2/c1-11(23)17-21-14-10-20-16(19-2)9-15(14)22(17)13-5-3-12(4-6-13)7-8-18;11-17(12,13)9-5-1-3-7-8(9)4-2-6-10(7)18(14,15)16/h9-13,23H,3-7H2,1-2H3,(H,19,20);1-6H,(H,11,12,13)(H,14,15,16). The molecule has 0 bridgehead atoms. The van der Waals surface area contributed by atoms with Gasteiger partial charge in [-0.1, -0.05) is 24.3 Å². The van der Waals surface area contributed by atoms with Crippen molar-refractivity contribution in [1.29, 1.82) is 5.26 Å². The van der Waals surface area contributed by atoms with Crippen LogP contribution in [0, 0.1) is 17.2 Å².